The maximum Gasteiger partial charge on any atom is 0.373 e. The topological polar surface area (TPSA) is 64.4 Å². The summed E-state index contributed by atoms with van der Waals surface area (Å²) < 4.78 is 9.91. The van der Waals surface area contributed by atoms with Gasteiger partial charge in [0.15, 0.2) is 0 Å². The molecule has 0 unspecified atom stereocenters. The second-order valence-electron chi connectivity index (χ2n) is 4.17. The lowest BCUT2D eigenvalue weighted by molar-refractivity contribution is 0.0563. The quantitative estimate of drug-likeness (QED) is 0.834. The Labute approximate surface area is 111 Å². The highest BCUT2D eigenvalue weighted by atomic mass is 16.5. The first kappa shape index (κ1) is 13.3. The van der Waals surface area contributed by atoms with Crippen LogP contribution in [0.5, 0.6) is 0 Å². The summed E-state index contributed by atoms with van der Waals surface area (Å²) >= 11 is 0. The predicted octanol–water partition coefficient (Wildman–Crippen LogP) is 2.06. The van der Waals surface area contributed by atoms with Crippen LogP contribution in [0.15, 0.2) is 34.9 Å². The zero-order valence-corrected chi connectivity index (χ0v) is 11.0. The summed E-state index contributed by atoms with van der Waals surface area (Å²) in [4.78, 5) is 15.4. The van der Waals surface area contributed by atoms with E-state index in [-0.39, 0.29) is 5.76 Å². The van der Waals surface area contributed by atoms with E-state index in [2.05, 4.69) is 15.0 Å². The first-order valence-corrected chi connectivity index (χ1v) is 5.98. The van der Waals surface area contributed by atoms with Crippen molar-refractivity contribution in [2.24, 2.45) is 0 Å². The number of rotatable bonds is 5. The third-order valence-electron chi connectivity index (χ3n) is 2.65. The molecule has 0 aliphatic carbocycles. The number of aryl methyl sites for hydroxylation is 1. The minimum atomic E-state index is -0.464. The van der Waals surface area contributed by atoms with Gasteiger partial charge in [-0.1, -0.05) is 6.07 Å². The van der Waals surface area contributed by atoms with E-state index >= 15 is 0 Å². The predicted molar refractivity (Wildman–Crippen MR) is 69.6 cm³/mol. The number of carbonyl (C=O) groups excluding carboxylic acids is 1. The molecule has 0 aliphatic rings. The molecule has 2 rings (SSSR count). The minimum absolute atomic E-state index is 0.219. The largest absolute Gasteiger partial charge is 0.463 e. The molecule has 100 valence electrons. The van der Waals surface area contributed by atoms with Gasteiger partial charge in [-0.3, -0.25) is 4.98 Å². The van der Waals surface area contributed by atoms with Gasteiger partial charge in [0, 0.05) is 18.4 Å². The van der Waals surface area contributed by atoms with Gasteiger partial charge in [-0.25, -0.2) is 4.79 Å². The number of ether oxygens (including phenoxy) is 1. The number of nitrogens with one attached hydrogen (secondary N) is 1. The number of nitrogens with zero attached hydrogens (tertiary/aromatic N) is 1. The van der Waals surface area contributed by atoms with Crippen LogP contribution < -0.4 is 5.32 Å². The number of hydrogen-bond acceptors (Lipinski definition) is 5. The van der Waals surface area contributed by atoms with E-state index in [9.17, 15) is 4.79 Å². The number of pyridine rings is 1. The van der Waals surface area contributed by atoms with Gasteiger partial charge in [0.1, 0.15) is 5.76 Å². The van der Waals surface area contributed by atoms with Crippen LogP contribution in [0.3, 0.4) is 0 Å². The molecular weight excluding hydrogens is 244 g/mol. The zero-order valence-electron chi connectivity index (χ0n) is 11.0. The Kier molecular flexibility index (Phi) is 4.30. The number of hydrogen-bond donors (Lipinski definition) is 1. The molecule has 5 nitrogen and oxygen atoms in total. The molecule has 0 saturated heterocycles. The Balaban J connectivity index is 1.84. The van der Waals surface area contributed by atoms with Crippen molar-refractivity contribution in [3.05, 3.63) is 53.2 Å². The van der Waals surface area contributed by atoms with E-state index < -0.39 is 5.97 Å². The molecule has 5 heteroatoms. The van der Waals surface area contributed by atoms with Gasteiger partial charge < -0.3 is 14.5 Å². The van der Waals surface area contributed by atoms with E-state index in [1.165, 1.54) is 7.11 Å². The summed E-state index contributed by atoms with van der Waals surface area (Å²) in [6.45, 7) is 3.20. The molecular formula is C14H16N2O3. The van der Waals surface area contributed by atoms with Gasteiger partial charge in [0.2, 0.25) is 5.76 Å². The Morgan fingerprint density at radius 3 is 2.84 bits per heavy atom. The smallest absolute Gasteiger partial charge is 0.373 e. The van der Waals surface area contributed by atoms with Gasteiger partial charge in [-0.2, -0.15) is 0 Å². The van der Waals surface area contributed by atoms with E-state index in [4.69, 9.17) is 4.42 Å². The Hall–Kier alpha value is -2.14. The van der Waals surface area contributed by atoms with E-state index in [1.807, 2.05) is 25.3 Å². The van der Waals surface area contributed by atoms with Crippen molar-refractivity contribution < 1.29 is 13.9 Å². The van der Waals surface area contributed by atoms with Crippen molar-refractivity contribution in [1.82, 2.24) is 10.3 Å². The van der Waals surface area contributed by atoms with E-state index in [0.717, 1.165) is 11.3 Å². The summed E-state index contributed by atoms with van der Waals surface area (Å²) in [5, 5.41) is 3.22. The maximum atomic E-state index is 11.2. The molecule has 0 aliphatic heterocycles. The highest BCUT2D eigenvalue weighted by molar-refractivity contribution is 5.86. The molecule has 0 radical (unpaired) electrons. The maximum absolute atomic E-state index is 11.2. The number of carbonyl (C=O) groups is 1. The summed E-state index contributed by atoms with van der Waals surface area (Å²) in [7, 11) is 1.33. The van der Waals surface area contributed by atoms with Crippen LogP contribution >= 0.6 is 0 Å². The number of aromatic nitrogens is 1. The monoisotopic (exact) mass is 260 g/mol. The molecule has 0 saturated carbocycles. The standard InChI is InChI=1S/C14H16N2O3/c1-10-3-4-11(8-16-10)7-15-9-12-5-6-13(19-12)14(17)18-2/h3-6,8,15H,7,9H2,1-2H3. The lowest BCUT2D eigenvalue weighted by atomic mass is 10.2. The van der Waals surface area contributed by atoms with Crippen molar-refractivity contribution >= 4 is 5.97 Å². The highest BCUT2D eigenvalue weighted by Gasteiger charge is 2.10. The van der Waals surface area contributed by atoms with Crippen LogP contribution in [0.4, 0.5) is 0 Å². The summed E-state index contributed by atoms with van der Waals surface area (Å²) in [5.41, 5.74) is 2.10. The molecule has 0 fully saturated rings. The van der Waals surface area contributed by atoms with Crippen molar-refractivity contribution in [2.45, 2.75) is 20.0 Å². The van der Waals surface area contributed by atoms with Gasteiger partial charge in [-0.05, 0) is 30.7 Å². The fraction of sp³-hybridized carbons (Fsp3) is 0.286. The molecule has 19 heavy (non-hydrogen) atoms. The van der Waals surface area contributed by atoms with Crippen LogP contribution in [0.2, 0.25) is 0 Å². The molecule has 2 aromatic heterocycles. The number of furan rings is 1. The van der Waals surface area contributed by atoms with Crippen molar-refractivity contribution in [2.75, 3.05) is 7.11 Å². The number of methoxy groups -OCH3 is 1. The molecule has 2 heterocycles. The van der Waals surface area contributed by atoms with Crippen LogP contribution in [-0.4, -0.2) is 18.1 Å². The number of esters is 1. The Bertz CT molecular complexity index is 546. The average Bonchev–Trinajstić information content (AvgIpc) is 2.89. The van der Waals surface area contributed by atoms with E-state index in [1.54, 1.807) is 12.1 Å². The van der Waals surface area contributed by atoms with Gasteiger partial charge in [-0.15, -0.1) is 0 Å². The highest BCUT2D eigenvalue weighted by Crippen LogP contribution is 2.09. The zero-order chi connectivity index (χ0) is 13.7. The third kappa shape index (κ3) is 3.66. The van der Waals surface area contributed by atoms with Crippen LogP contribution in [0, 0.1) is 6.92 Å². The van der Waals surface area contributed by atoms with Crippen molar-refractivity contribution in [3.8, 4) is 0 Å². The first-order chi connectivity index (χ1) is 9.19. The fourth-order valence-electron chi connectivity index (χ4n) is 1.62. The summed E-state index contributed by atoms with van der Waals surface area (Å²) in [6.07, 6.45) is 1.84. The first-order valence-electron chi connectivity index (χ1n) is 5.98. The van der Waals surface area contributed by atoms with Gasteiger partial charge in [0.05, 0.1) is 13.7 Å². The molecule has 2 aromatic rings. The Morgan fingerprint density at radius 1 is 1.32 bits per heavy atom. The van der Waals surface area contributed by atoms with Crippen LogP contribution in [0.1, 0.15) is 27.6 Å². The lowest BCUT2D eigenvalue weighted by Gasteiger charge is -2.03. The lowest BCUT2D eigenvalue weighted by Crippen LogP contribution is -2.12. The molecule has 0 aromatic carbocycles. The molecule has 0 atom stereocenters. The molecule has 0 bridgehead atoms. The average molecular weight is 260 g/mol. The van der Waals surface area contributed by atoms with Crippen molar-refractivity contribution in [1.29, 1.82) is 0 Å². The minimum Gasteiger partial charge on any atom is -0.463 e. The van der Waals surface area contributed by atoms with Gasteiger partial charge in [0.25, 0.3) is 0 Å². The van der Waals surface area contributed by atoms with Crippen LogP contribution in [0.25, 0.3) is 0 Å². The fourth-order valence-corrected chi connectivity index (χ4v) is 1.62. The van der Waals surface area contributed by atoms with Gasteiger partial charge >= 0.3 is 5.97 Å². The molecule has 1 N–H and O–H groups in total. The van der Waals surface area contributed by atoms with Crippen molar-refractivity contribution in [3.63, 3.8) is 0 Å². The molecule has 0 spiro atoms. The summed E-state index contributed by atoms with van der Waals surface area (Å²) in [6, 6.07) is 7.36. The van der Waals surface area contributed by atoms with Crippen LogP contribution in [-0.2, 0) is 17.8 Å². The molecule has 0 amide bonds. The second kappa shape index (κ2) is 6.15. The van der Waals surface area contributed by atoms with E-state index in [0.29, 0.717) is 18.8 Å². The normalized spacial score (nSPS) is 10.4. The second-order valence-corrected chi connectivity index (χ2v) is 4.17. The SMILES string of the molecule is COC(=O)c1ccc(CNCc2ccc(C)nc2)o1. The summed E-state index contributed by atoms with van der Waals surface area (Å²) in [5.74, 6) is 0.450. The third-order valence-corrected chi connectivity index (χ3v) is 2.65. The Morgan fingerprint density at radius 2 is 2.16 bits per heavy atom.